The van der Waals surface area contributed by atoms with Crippen molar-refractivity contribution < 1.29 is 22.9 Å². The Morgan fingerprint density at radius 1 is 1.05 bits per heavy atom. The fourth-order valence-electron chi connectivity index (χ4n) is 5.52. The molecule has 0 atom stereocenters. The number of aryl methyl sites for hydroxylation is 3. The van der Waals surface area contributed by atoms with Crippen LogP contribution in [0.4, 0.5) is 11.4 Å². The molecule has 1 aromatic heterocycles. The Hall–Kier alpha value is -3.97. The van der Waals surface area contributed by atoms with Crippen molar-refractivity contribution >= 4 is 49.8 Å². The van der Waals surface area contributed by atoms with Crippen LogP contribution < -0.4 is 10.0 Å². The molecule has 2 N–H and O–H groups in total. The molecule has 44 heavy (non-hydrogen) atoms. The van der Waals surface area contributed by atoms with E-state index < -0.39 is 31.4 Å². The second-order valence-electron chi connectivity index (χ2n) is 10.6. The number of hydrogen-bond donors (Lipinski definition) is 2. The van der Waals surface area contributed by atoms with Crippen molar-refractivity contribution in [2.45, 2.75) is 31.2 Å². The van der Waals surface area contributed by atoms with E-state index in [-0.39, 0.29) is 11.4 Å². The molecule has 13 heteroatoms. The zero-order valence-corrected chi connectivity index (χ0v) is 25.9. The van der Waals surface area contributed by atoms with Gasteiger partial charge in [-0.25, -0.2) is 13.1 Å². The van der Waals surface area contributed by atoms with Gasteiger partial charge in [0.15, 0.2) is 0 Å². The molecule has 232 valence electrons. The van der Waals surface area contributed by atoms with E-state index in [0.29, 0.717) is 55.4 Å². The van der Waals surface area contributed by atoms with Gasteiger partial charge in [0.2, 0.25) is 0 Å². The van der Waals surface area contributed by atoms with Gasteiger partial charge in [0.05, 0.1) is 33.6 Å². The van der Waals surface area contributed by atoms with E-state index >= 15 is 0 Å². The number of anilines is 1. The van der Waals surface area contributed by atoms with Crippen LogP contribution in [-0.2, 0) is 27.7 Å². The second kappa shape index (κ2) is 13.8. The van der Waals surface area contributed by atoms with Crippen LogP contribution in [0.2, 0.25) is 5.02 Å². The number of para-hydroxylation sites is 1. The first-order valence-corrected chi connectivity index (χ1v) is 16.2. The van der Waals surface area contributed by atoms with Gasteiger partial charge in [-0.2, -0.15) is 0 Å². The minimum Gasteiger partial charge on any atom is -0.379 e. The van der Waals surface area contributed by atoms with Crippen molar-refractivity contribution in [2.24, 2.45) is 0 Å². The number of rotatable bonds is 12. The quantitative estimate of drug-likeness (QED) is 0.163. The summed E-state index contributed by atoms with van der Waals surface area (Å²) in [5, 5.41) is 16.1. The number of fused-ring (bicyclic) bond motifs is 1. The normalized spacial score (nSPS) is 14.0. The first-order chi connectivity index (χ1) is 21.2. The topological polar surface area (TPSA) is 136 Å². The Kier molecular flexibility index (Phi) is 9.84. The smallest absolute Gasteiger partial charge is 0.293 e. The number of morpholine rings is 1. The standard InChI is InChI=1S/C31H34ClN5O6S/c1-22-25-10-5-11-26(32)30(25)36(15-6-9-23-7-3-2-4-8-23)29(22)31(38)34-44(41,42)24-12-13-27(28(21-24)37(39)40)33-14-16-35-17-19-43-20-18-35/h2-5,7-8,10-13,21,33H,6,9,14-20H2,1H3,(H,34,38). The molecule has 0 unspecified atom stereocenters. The first kappa shape index (κ1) is 31.5. The number of carbonyl (C=O) groups is 1. The number of nitrogens with one attached hydrogen (secondary N) is 2. The number of amides is 1. The third kappa shape index (κ3) is 7.05. The van der Waals surface area contributed by atoms with Crippen LogP contribution in [0.25, 0.3) is 10.9 Å². The van der Waals surface area contributed by atoms with Gasteiger partial charge >= 0.3 is 0 Å². The number of sulfonamides is 1. The first-order valence-electron chi connectivity index (χ1n) is 14.4. The van der Waals surface area contributed by atoms with Gasteiger partial charge in [-0.1, -0.05) is 54.1 Å². The lowest BCUT2D eigenvalue weighted by Gasteiger charge is -2.26. The minimum absolute atomic E-state index is 0.167. The SMILES string of the molecule is Cc1c(C(=O)NS(=O)(=O)c2ccc(NCCN3CCOCC3)c([N+](=O)[O-])c2)n(CCCc2ccccc2)c2c(Cl)cccc12. The molecule has 1 aliphatic rings. The maximum Gasteiger partial charge on any atom is 0.293 e. The number of nitrogens with zero attached hydrogens (tertiary/aromatic N) is 3. The van der Waals surface area contributed by atoms with Crippen LogP contribution in [0.15, 0.2) is 71.6 Å². The summed E-state index contributed by atoms with van der Waals surface area (Å²) in [6.45, 7) is 6.08. The average molecular weight is 640 g/mol. The van der Waals surface area contributed by atoms with Gasteiger partial charge in [-0.15, -0.1) is 0 Å². The van der Waals surface area contributed by atoms with Crippen LogP contribution in [0.1, 0.15) is 28.0 Å². The lowest BCUT2D eigenvalue weighted by molar-refractivity contribution is -0.384. The van der Waals surface area contributed by atoms with Gasteiger partial charge in [0, 0.05) is 44.2 Å². The highest BCUT2D eigenvalue weighted by atomic mass is 35.5. The van der Waals surface area contributed by atoms with Crippen molar-refractivity contribution in [3.63, 3.8) is 0 Å². The van der Waals surface area contributed by atoms with E-state index in [2.05, 4.69) is 14.9 Å². The highest BCUT2D eigenvalue weighted by Gasteiger charge is 2.28. The number of carbonyl (C=O) groups excluding carboxylic acids is 1. The van der Waals surface area contributed by atoms with Gasteiger partial charge in [-0.05, 0) is 49.1 Å². The third-order valence-corrected chi connectivity index (χ3v) is 9.38. The molecule has 11 nitrogen and oxygen atoms in total. The summed E-state index contributed by atoms with van der Waals surface area (Å²) in [6, 6.07) is 18.8. The zero-order valence-electron chi connectivity index (χ0n) is 24.3. The number of nitro benzene ring substituents is 1. The number of nitro groups is 1. The Morgan fingerprint density at radius 3 is 2.52 bits per heavy atom. The van der Waals surface area contributed by atoms with Crippen LogP contribution >= 0.6 is 11.6 Å². The fraction of sp³-hybridized carbons (Fsp3) is 0.323. The van der Waals surface area contributed by atoms with E-state index in [1.807, 2.05) is 36.4 Å². The summed E-state index contributed by atoms with van der Waals surface area (Å²) in [5.74, 6) is -0.843. The molecule has 1 saturated heterocycles. The Morgan fingerprint density at radius 2 is 1.80 bits per heavy atom. The van der Waals surface area contributed by atoms with E-state index in [4.69, 9.17) is 16.3 Å². The number of halogens is 1. The van der Waals surface area contributed by atoms with E-state index in [9.17, 15) is 23.3 Å². The molecule has 0 radical (unpaired) electrons. The van der Waals surface area contributed by atoms with Crippen molar-refractivity contribution in [3.05, 3.63) is 98.7 Å². The average Bonchev–Trinajstić information content (AvgIpc) is 3.30. The Labute approximate surface area is 261 Å². The monoisotopic (exact) mass is 639 g/mol. The van der Waals surface area contributed by atoms with Gasteiger partial charge in [0.25, 0.3) is 21.6 Å². The van der Waals surface area contributed by atoms with Crippen LogP contribution in [0.5, 0.6) is 0 Å². The lowest BCUT2D eigenvalue weighted by atomic mass is 10.1. The third-order valence-electron chi connectivity index (χ3n) is 7.74. The molecule has 1 amide bonds. The number of benzene rings is 3. The van der Waals surface area contributed by atoms with Gasteiger partial charge in [0.1, 0.15) is 11.4 Å². The van der Waals surface area contributed by atoms with Gasteiger partial charge in [-0.3, -0.25) is 19.8 Å². The summed E-state index contributed by atoms with van der Waals surface area (Å²) in [7, 11) is -4.46. The fourth-order valence-corrected chi connectivity index (χ4v) is 6.77. The maximum absolute atomic E-state index is 13.7. The molecule has 0 aliphatic carbocycles. The molecular weight excluding hydrogens is 606 g/mol. The summed E-state index contributed by atoms with van der Waals surface area (Å²) in [6.07, 6.45) is 1.43. The molecule has 0 bridgehead atoms. The molecule has 1 aliphatic heterocycles. The molecule has 0 saturated carbocycles. The van der Waals surface area contributed by atoms with Crippen molar-refractivity contribution in [3.8, 4) is 0 Å². The predicted octanol–water partition coefficient (Wildman–Crippen LogP) is 5.01. The molecule has 2 heterocycles. The van der Waals surface area contributed by atoms with E-state index in [0.717, 1.165) is 36.5 Å². The Balaban J connectivity index is 1.37. The molecule has 1 fully saturated rings. The van der Waals surface area contributed by atoms with Crippen LogP contribution in [-0.4, -0.2) is 68.1 Å². The molecule has 4 aromatic rings. The molecule has 3 aromatic carbocycles. The summed E-state index contributed by atoms with van der Waals surface area (Å²) in [5.41, 5.74) is 2.32. The zero-order chi connectivity index (χ0) is 31.3. The van der Waals surface area contributed by atoms with Crippen LogP contribution in [0.3, 0.4) is 0 Å². The van der Waals surface area contributed by atoms with Gasteiger partial charge < -0.3 is 14.6 Å². The predicted molar refractivity (Wildman–Crippen MR) is 170 cm³/mol. The maximum atomic E-state index is 13.7. The molecule has 5 rings (SSSR count). The molecule has 0 spiro atoms. The van der Waals surface area contributed by atoms with Crippen LogP contribution in [0, 0.1) is 17.0 Å². The highest BCUT2D eigenvalue weighted by Crippen LogP contribution is 2.32. The summed E-state index contributed by atoms with van der Waals surface area (Å²) in [4.78, 5) is 26.7. The van der Waals surface area contributed by atoms with E-state index in [1.54, 1.807) is 23.6 Å². The number of aromatic nitrogens is 1. The lowest BCUT2D eigenvalue weighted by Crippen LogP contribution is -2.39. The largest absolute Gasteiger partial charge is 0.379 e. The minimum atomic E-state index is -4.46. The number of hydrogen-bond acceptors (Lipinski definition) is 8. The number of ether oxygens (including phenoxy) is 1. The van der Waals surface area contributed by atoms with Crippen molar-refractivity contribution in [1.29, 1.82) is 0 Å². The second-order valence-corrected chi connectivity index (χ2v) is 12.7. The van der Waals surface area contributed by atoms with Crippen molar-refractivity contribution in [1.82, 2.24) is 14.2 Å². The Bertz CT molecular complexity index is 1770. The molecular formula is C31H34ClN5O6S. The summed E-state index contributed by atoms with van der Waals surface area (Å²) >= 11 is 6.57. The van der Waals surface area contributed by atoms with Crippen molar-refractivity contribution in [2.75, 3.05) is 44.7 Å². The summed E-state index contributed by atoms with van der Waals surface area (Å²) < 4.78 is 36.0. The highest BCUT2D eigenvalue weighted by molar-refractivity contribution is 7.90. The van der Waals surface area contributed by atoms with E-state index in [1.165, 1.54) is 12.1 Å².